The normalized spacial score (nSPS) is 16.8. The lowest BCUT2D eigenvalue weighted by atomic mass is 9.95. The maximum absolute atomic E-state index is 5.98. The van der Waals surface area contributed by atoms with Gasteiger partial charge >= 0.3 is 0 Å². The van der Waals surface area contributed by atoms with Crippen molar-refractivity contribution in [2.24, 2.45) is 0 Å². The first kappa shape index (κ1) is 12.1. The van der Waals surface area contributed by atoms with E-state index in [1.165, 1.54) is 0 Å². The third-order valence-corrected chi connectivity index (χ3v) is 2.90. The molecule has 1 heterocycles. The Kier molecular flexibility index (Phi) is 3.79. The van der Waals surface area contributed by atoms with Crippen LogP contribution < -0.4 is 20.7 Å². The molecule has 0 atom stereocenters. The van der Waals surface area contributed by atoms with Gasteiger partial charge < -0.3 is 19.9 Å². The molecule has 4 nitrogen and oxygen atoms in total. The van der Waals surface area contributed by atoms with E-state index < -0.39 is 0 Å². The molecule has 0 radical (unpaired) electrons. The number of ether oxygens (including phenoxy) is 3. The summed E-state index contributed by atoms with van der Waals surface area (Å²) in [6, 6.07) is 3.84. The van der Waals surface area contributed by atoms with Gasteiger partial charge in [-0.3, -0.25) is 0 Å². The van der Waals surface area contributed by atoms with Gasteiger partial charge in [-0.2, -0.15) is 0 Å². The van der Waals surface area contributed by atoms with Crippen molar-refractivity contribution in [3.05, 3.63) is 12.1 Å². The highest BCUT2D eigenvalue weighted by Crippen LogP contribution is 2.34. The molecule has 1 saturated heterocycles. The van der Waals surface area contributed by atoms with Crippen LogP contribution >= 0.6 is 0 Å². The highest BCUT2D eigenvalue weighted by atomic mass is 16.5. The highest BCUT2D eigenvalue weighted by molar-refractivity contribution is 6.32. The molecule has 17 heavy (non-hydrogen) atoms. The van der Waals surface area contributed by atoms with E-state index in [1.807, 2.05) is 20.0 Å². The molecule has 5 heteroatoms. The average Bonchev–Trinajstić information content (AvgIpc) is 2.33. The number of rotatable bonds is 3. The van der Waals surface area contributed by atoms with Gasteiger partial charge in [-0.25, -0.2) is 0 Å². The first-order valence-electron chi connectivity index (χ1n) is 5.89. The maximum atomic E-state index is 5.98. The van der Waals surface area contributed by atoms with Gasteiger partial charge in [0.15, 0.2) is 11.5 Å². The Morgan fingerprint density at radius 3 is 2.71 bits per heavy atom. The molecule has 1 aromatic carbocycles. The van der Waals surface area contributed by atoms with Crippen LogP contribution in [0.4, 0.5) is 5.69 Å². The van der Waals surface area contributed by atoms with Crippen molar-refractivity contribution in [2.75, 3.05) is 26.1 Å². The Morgan fingerprint density at radius 1 is 1.35 bits per heavy atom. The largest absolute Gasteiger partial charge is 0.493 e. The average molecular weight is 235 g/mol. The topological polar surface area (TPSA) is 53.7 Å². The first-order valence-corrected chi connectivity index (χ1v) is 5.89. The predicted octanol–water partition coefficient (Wildman–Crippen LogP) is 0.0936. The van der Waals surface area contributed by atoms with Crippen LogP contribution in [0.5, 0.6) is 11.5 Å². The van der Waals surface area contributed by atoms with Gasteiger partial charge in [0.25, 0.3) is 0 Å². The van der Waals surface area contributed by atoms with Crippen LogP contribution in [0, 0.1) is 0 Å². The van der Waals surface area contributed by atoms with Crippen LogP contribution in [0.3, 0.4) is 0 Å². The zero-order chi connectivity index (χ0) is 12.3. The van der Waals surface area contributed by atoms with Gasteiger partial charge in [0, 0.05) is 12.8 Å². The Hall–Kier alpha value is -1.36. The molecule has 2 N–H and O–H groups in total. The lowest BCUT2D eigenvalue weighted by Crippen LogP contribution is -2.26. The van der Waals surface area contributed by atoms with Gasteiger partial charge in [0.2, 0.25) is 0 Å². The summed E-state index contributed by atoms with van der Waals surface area (Å²) < 4.78 is 16.5. The van der Waals surface area contributed by atoms with E-state index in [1.54, 1.807) is 7.11 Å². The summed E-state index contributed by atoms with van der Waals surface area (Å²) in [5, 5.41) is 0. The lowest BCUT2D eigenvalue weighted by Gasteiger charge is -2.25. The number of hydrogen-bond donors (Lipinski definition) is 1. The number of hydrogen-bond acceptors (Lipinski definition) is 4. The molecule has 92 valence electrons. The Balaban J connectivity index is 2.18. The predicted molar refractivity (Wildman–Crippen MR) is 70.1 cm³/mol. The van der Waals surface area contributed by atoms with Crippen LogP contribution in [0.25, 0.3) is 0 Å². The van der Waals surface area contributed by atoms with E-state index in [2.05, 4.69) is 0 Å². The van der Waals surface area contributed by atoms with Crippen molar-refractivity contribution in [1.29, 1.82) is 0 Å². The summed E-state index contributed by atoms with van der Waals surface area (Å²) in [4.78, 5) is 0. The van der Waals surface area contributed by atoms with Crippen molar-refractivity contribution in [3.8, 4) is 11.5 Å². The number of anilines is 1. The van der Waals surface area contributed by atoms with Gasteiger partial charge in [-0.1, -0.05) is 5.46 Å². The molecule has 1 aliphatic rings. The third kappa shape index (κ3) is 2.85. The van der Waals surface area contributed by atoms with E-state index in [-0.39, 0.29) is 6.10 Å². The molecular formula is C12H18BNO3. The fourth-order valence-electron chi connectivity index (χ4n) is 2.01. The SMILES string of the molecule is Bc1cc(N)c(OC2CCOCC2)c(OC)c1. The molecule has 0 bridgehead atoms. The zero-order valence-electron chi connectivity index (χ0n) is 10.4. The van der Waals surface area contributed by atoms with E-state index in [0.29, 0.717) is 17.2 Å². The Morgan fingerprint density at radius 2 is 2.06 bits per heavy atom. The molecule has 1 aliphatic heterocycles. The molecular weight excluding hydrogens is 217 g/mol. The minimum absolute atomic E-state index is 0.169. The van der Waals surface area contributed by atoms with Gasteiger partial charge in [-0.15, -0.1) is 0 Å². The first-order chi connectivity index (χ1) is 8.20. The summed E-state index contributed by atoms with van der Waals surface area (Å²) in [5.41, 5.74) is 7.68. The number of methoxy groups -OCH3 is 1. The van der Waals surface area contributed by atoms with E-state index in [9.17, 15) is 0 Å². The van der Waals surface area contributed by atoms with E-state index in [0.717, 1.165) is 31.5 Å². The number of nitrogen functional groups attached to an aromatic ring is 1. The second kappa shape index (κ2) is 5.32. The second-order valence-electron chi connectivity index (χ2n) is 4.32. The number of nitrogens with two attached hydrogens (primary N) is 1. The third-order valence-electron chi connectivity index (χ3n) is 2.90. The van der Waals surface area contributed by atoms with Crippen molar-refractivity contribution < 1.29 is 14.2 Å². The molecule has 1 aromatic rings. The molecule has 0 unspecified atom stereocenters. The van der Waals surface area contributed by atoms with Gasteiger partial charge in [-0.05, 0) is 12.1 Å². The van der Waals surface area contributed by atoms with Crippen molar-refractivity contribution in [2.45, 2.75) is 18.9 Å². The van der Waals surface area contributed by atoms with Crippen LogP contribution in [-0.2, 0) is 4.74 Å². The van der Waals surface area contributed by atoms with Crippen LogP contribution in [0.2, 0.25) is 0 Å². The molecule has 0 saturated carbocycles. The summed E-state index contributed by atoms with van der Waals surface area (Å²) in [7, 11) is 3.61. The minimum atomic E-state index is 0.169. The minimum Gasteiger partial charge on any atom is -0.493 e. The van der Waals surface area contributed by atoms with E-state index >= 15 is 0 Å². The highest BCUT2D eigenvalue weighted by Gasteiger charge is 2.19. The van der Waals surface area contributed by atoms with Crippen molar-refractivity contribution in [3.63, 3.8) is 0 Å². The Labute approximate surface area is 102 Å². The smallest absolute Gasteiger partial charge is 0.184 e. The molecule has 0 spiro atoms. The molecule has 1 fully saturated rings. The maximum Gasteiger partial charge on any atom is 0.184 e. The fourth-order valence-corrected chi connectivity index (χ4v) is 2.01. The lowest BCUT2D eigenvalue weighted by molar-refractivity contribution is 0.0249. The molecule has 0 aromatic heterocycles. The van der Waals surface area contributed by atoms with Crippen molar-refractivity contribution in [1.82, 2.24) is 0 Å². The zero-order valence-corrected chi connectivity index (χ0v) is 10.4. The van der Waals surface area contributed by atoms with Crippen LogP contribution in [-0.4, -0.2) is 34.3 Å². The summed E-state index contributed by atoms with van der Waals surface area (Å²) in [5.74, 6) is 1.36. The van der Waals surface area contributed by atoms with E-state index in [4.69, 9.17) is 19.9 Å². The van der Waals surface area contributed by atoms with Crippen LogP contribution in [0.1, 0.15) is 12.8 Å². The monoisotopic (exact) mass is 235 g/mol. The molecule has 2 rings (SSSR count). The summed E-state index contributed by atoms with van der Waals surface area (Å²) >= 11 is 0. The number of benzene rings is 1. The van der Waals surface area contributed by atoms with Gasteiger partial charge in [0.05, 0.1) is 26.0 Å². The second-order valence-corrected chi connectivity index (χ2v) is 4.32. The Bertz CT molecular complexity index is 392. The standard InChI is InChI=1S/C12H18BNO3/c1-15-11-7-8(13)6-10(14)12(11)17-9-2-4-16-5-3-9/h6-7,9H,2-5,13-14H2,1H3. The van der Waals surface area contributed by atoms with Gasteiger partial charge in [0.1, 0.15) is 14.0 Å². The molecule has 0 amide bonds. The quantitative estimate of drug-likeness (QED) is 0.596. The fraction of sp³-hybridized carbons (Fsp3) is 0.500. The summed E-state index contributed by atoms with van der Waals surface area (Å²) in [6.45, 7) is 1.50. The molecule has 0 aliphatic carbocycles. The van der Waals surface area contributed by atoms with Crippen molar-refractivity contribution >= 4 is 19.0 Å². The van der Waals surface area contributed by atoms with Crippen LogP contribution in [0.15, 0.2) is 12.1 Å². The summed E-state index contributed by atoms with van der Waals surface area (Å²) in [6.07, 6.45) is 1.97.